The lowest BCUT2D eigenvalue weighted by Gasteiger charge is -2.33. The number of likely N-dealkylation sites (tertiary alicyclic amines) is 1. The van der Waals surface area contributed by atoms with E-state index in [2.05, 4.69) is 10.6 Å². The molecule has 28 heavy (non-hydrogen) atoms. The topological polar surface area (TPSA) is 116 Å². The molecular formula is C20H27N3O5. The second-order valence-corrected chi connectivity index (χ2v) is 7.08. The standard InChI is InChI=1S/C20H27N3O5/c1-3-13(2)20(28)23-10-4-5-15(12-23)19(27)22-16-8-6-14(7-9-16)18(26)21-11-17(24)25/h6-9,13,15H,3-5,10-12H2,1-2H3,(H,21,26)(H,22,27)(H,24,25). The van der Waals surface area contributed by atoms with Gasteiger partial charge in [-0.3, -0.25) is 19.2 Å². The predicted molar refractivity (Wildman–Crippen MR) is 104 cm³/mol. The number of anilines is 1. The minimum atomic E-state index is -1.12. The second-order valence-electron chi connectivity index (χ2n) is 7.08. The van der Waals surface area contributed by atoms with Gasteiger partial charge in [-0.25, -0.2) is 0 Å². The summed E-state index contributed by atoms with van der Waals surface area (Å²) in [6.45, 7) is 4.53. The summed E-state index contributed by atoms with van der Waals surface area (Å²) in [6, 6.07) is 6.23. The highest BCUT2D eigenvalue weighted by atomic mass is 16.4. The molecule has 0 aliphatic carbocycles. The van der Waals surface area contributed by atoms with E-state index < -0.39 is 18.4 Å². The highest BCUT2D eigenvalue weighted by Crippen LogP contribution is 2.21. The lowest BCUT2D eigenvalue weighted by molar-refractivity contribution is -0.138. The van der Waals surface area contributed by atoms with Crippen LogP contribution < -0.4 is 10.6 Å². The molecule has 1 aliphatic rings. The molecule has 1 aliphatic heterocycles. The van der Waals surface area contributed by atoms with E-state index in [0.717, 1.165) is 19.3 Å². The number of aliphatic carboxylic acids is 1. The summed E-state index contributed by atoms with van der Waals surface area (Å²) >= 11 is 0. The van der Waals surface area contributed by atoms with Crippen LogP contribution in [0.15, 0.2) is 24.3 Å². The average molecular weight is 389 g/mol. The Labute approximate surface area is 164 Å². The van der Waals surface area contributed by atoms with E-state index in [9.17, 15) is 19.2 Å². The van der Waals surface area contributed by atoms with Crippen molar-refractivity contribution in [2.45, 2.75) is 33.1 Å². The van der Waals surface area contributed by atoms with Gasteiger partial charge in [-0.1, -0.05) is 13.8 Å². The number of carboxylic acids is 1. The molecule has 0 aromatic heterocycles. The number of carbonyl (C=O) groups excluding carboxylic acids is 3. The molecule has 3 N–H and O–H groups in total. The highest BCUT2D eigenvalue weighted by Gasteiger charge is 2.30. The fourth-order valence-electron chi connectivity index (χ4n) is 3.08. The Morgan fingerprint density at radius 3 is 2.50 bits per heavy atom. The molecule has 0 spiro atoms. The fourth-order valence-corrected chi connectivity index (χ4v) is 3.08. The van der Waals surface area contributed by atoms with Crippen molar-refractivity contribution in [3.8, 4) is 0 Å². The first-order chi connectivity index (χ1) is 13.3. The molecule has 0 bridgehead atoms. The van der Waals surface area contributed by atoms with Gasteiger partial charge in [-0.05, 0) is 43.5 Å². The summed E-state index contributed by atoms with van der Waals surface area (Å²) in [4.78, 5) is 49.0. The largest absolute Gasteiger partial charge is 0.480 e. The van der Waals surface area contributed by atoms with Gasteiger partial charge in [0, 0.05) is 30.3 Å². The van der Waals surface area contributed by atoms with Gasteiger partial charge in [0.25, 0.3) is 5.91 Å². The minimum Gasteiger partial charge on any atom is -0.480 e. The first-order valence-electron chi connectivity index (χ1n) is 9.51. The summed E-state index contributed by atoms with van der Waals surface area (Å²) in [7, 11) is 0. The zero-order valence-electron chi connectivity index (χ0n) is 16.2. The smallest absolute Gasteiger partial charge is 0.322 e. The van der Waals surface area contributed by atoms with Crippen LogP contribution in [0.5, 0.6) is 0 Å². The Morgan fingerprint density at radius 1 is 1.21 bits per heavy atom. The van der Waals surface area contributed by atoms with E-state index >= 15 is 0 Å². The first-order valence-corrected chi connectivity index (χ1v) is 9.51. The van der Waals surface area contributed by atoms with Crippen LogP contribution in [0, 0.1) is 11.8 Å². The normalized spacial score (nSPS) is 17.5. The molecule has 8 heteroatoms. The van der Waals surface area contributed by atoms with Crippen LogP contribution in [0.2, 0.25) is 0 Å². The zero-order chi connectivity index (χ0) is 20.7. The van der Waals surface area contributed by atoms with E-state index in [0.29, 0.717) is 24.3 Å². The van der Waals surface area contributed by atoms with Crippen molar-refractivity contribution < 1.29 is 24.3 Å². The Morgan fingerprint density at radius 2 is 1.89 bits per heavy atom. The van der Waals surface area contributed by atoms with Crippen molar-refractivity contribution in [2.75, 3.05) is 25.0 Å². The van der Waals surface area contributed by atoms with Crippen LogP contribution in [0.4, 0.5) is 5.69 Å². The third kappa shape index (κ3) is 5.80. The van der Waals surface area contributed by atoms with Gasteiger partial charge in [0.05, 0.1) is 5.92 Å². The molecule has 1 fully saturated rings. The zero-order valence-corrected chi connectivity index (χ0v) is 16.2. The number of carboxylic acid groups (broad SMARTS) is 1. The van der Waals surface area contributed by atoms with Crippen molar-refractivity contribution in [2.24, 2.45) is 11.8 Å². The van der Waals surface area contributed by atoms with Gasteiger partial charge in [0.1, 0.15) is 6.54 Å². The summed E-state index contributed by atoms with van der Waals surface area (Å²) in [6.07, 6.45) is 2.30. The van der Waals surface area contributed by atoms with Crippen LogP contribution in [-0.2, 0) is 14.4 Å². The van der Waals surface area contributed by atoms with Crippen LogP contribution in [0.1, 0.15) is 43.5 Å². The van der Waals surface area contributed by atoms with Crippen LogP contribution in [0.25, 0.3) is 0 Å². The Balaban J connectivity index is 1.92. The molecule has 152 valence electrons. The molecule has 1 heterocycles. The summed E-state index contributed by atoms with van der Waals surface area (Å²) in [5.41, 5.74) is 0.854. The van der Waals surface area contributed by atoms with Gasteiger partial charge in [0.2, 0.25) is 11.8 Å². The number of rotatable bonds is 7. The Bertz CT molecular complexity index is 732. The number of hydrogen-bond acceptors (Lipinski definition) is 4. The monoisotopic (exact) mass is 389 g/mol. The van der Waals surface area contributed by atoms with E-state index in [1.54, 1.807) is 17.0 Å². The van der Waals surface area contributed by atoms with Crippen molar-refractivity contribution in [3.05, 3.63) is 29.8 Å². The first kappa shape index (κ1) is 21.4. The van der Waals surface area contributed by atoms with Crippen LogP contribution in [-0.4, -0.2) is 53.3 Å². The fraction of sp³-hybridized carbons (Fsp3) is 0.500. The number of nitrogens with one attached hydrogen (secondary N) is 2. The van der Waals surface area contributed by atoms with Crippen molar-refractivity contribution in [1.29, 1.82) is 0 Å². The summed E-state index contributed by atoms with van der Waals surface area (Å²) in [5.74, 6) is -1.97. The van der Waals surface area contributed by atoms with Crippen molar-refractivity contribution in [1.82, 2.24) is 10.2 Å². The van der Waals surface area contributed by atoms with Gasteiger partial charge >= 0.3 is 5.97 Å². The maximum Gasteiger partial charge on any atom is 0.322 e. The van der Waals surface area contributed by atoms with Crippen LogP contribution in [0.3, 0.4) is 0 Å². The molecule has 8 nitrogen and oxygen atoms in total. The molecule has 2 unspecified atom stereocenters. The molecule has 1 saturated heterocycles. The maximum atomic E-state index is 12.6. The van der Waals surface area contributed by atoms with E-state index in [4.69, 9.17) is 5.11 Å². The second kappa shape index (κ2) is 9.87. The number of amides is 3. The molecule has 1 aromatic rings. The summed E-state index contributed by atoms with van der Waals surface area (Å²) in [5, 5.41) is 13.7. The molecule has 1 aromatic carbocycles. The maximum absolute atomic E-state index is 12.6. The molecule has 2 atom stereocenters. The average Bonchev–Trinajstić information content (AvgIpc) is 2.71. The molecule has 2 rings (SSSR count). The van der Waals surface area contributed by atoms with Crippen molar-refractivity contribution >= 4 is 29.4 Å². The predicted octanol–water partition coefficient (Wildman–Crippen LogP) is 1.72. The third-order valence-corrected chi connectivity index (χ3v) is 4.95. The number of carbonyl (C=O) groups is 4. The van der Waals surface area contributed by atoms with Crippen LogP contribution >= 0.6 is 0 Å². The minimum absolute atomic E-state index is 0.0402. The lowest BCUT2D eigenvalue weighted by atomic mass is 9.95. The number of piperidine rings is 1. The molecule has 3 amide bonds. The highest BCUT2D eigenvalue weighted by molar-refractivity contribution is 5.97. The molecule has 0 saturated carbocycles. The van der Waals surface area contributed by atoms with Gasteiger partial charge in [-0.2, -0.15) is 0 Å². The Hall–Kier alpha value is -2.90. The Kier molecular flexibility index (Phi) is 7.54. The van der Waals surface area contributed by atoms with E-state index in [1.165, 1.54) is 12.1 Å². The molecular weight excluding hydrogens is 362 g/mol. The quantitative estimate of drug-likeness (QED) is 0.657. The lowest BCUT2D eigenvalue weighted by Crippen LogP contribution is -2.45. The third-order valence-electron chi connectivity index (χ3n) is 4.95. The SMILES string of the molecule is CCC(C)C(=O)N1CCCC(C(=O)Nc2ccc(C(=O)NCC(=O)O)cc2)C1. The van der Waals surface area contributed by atoms with Gasteiger partial charge in [0.15, 0.2) is 0 Å². The number of hydrogen-bond donors (Lipinski definition) is 3. The number of benzene rings is 1. The number of nitrogens with zero attached hydrogens (tertiary/aromatic N) is 1. The van der Waals surface area contributed by atoms with Crippen molar-refractivity contribution in [3.63, 3.8) is 0 Å². The summed E-state index contributed by atoms with van der Waals surface area (Å²) < 4.78 is 0. The molecule has 0 radical (unpaired) electrons. The van der Waals surface area contributed by atoms with E-state index in [1.807, 2.05) is 13.8 Å². The van der Waals surface area contributed by atoms with Gasteiger partial charge < -0.3 is 20.6 Å². The van der Waals surface area contributed by atoms with Gasteiger partial charge in [-0.15, -0.1) is 0 Å². The van der Waals surface area contributed by atoms with E-state index in [-0.39, 0.29) is 23.7 Å².